The highest BCUT2D eigenvalue weighted by Crippen LogP contribution is 2.27. The van der Waals surface area contributed by atoms with Crippen LogP contribution >= 0.6 is 27.3 Å². The number of rotatable bonds is 4. The first kappa shape index (κ1) is 14.0. The van der Waals surface area contributed by atoms with Crippen LogP contribution in [0, 0.1) is 22.9 Å². The molecule has 1 N–H and O–H groups in total. The lowest BCUT2D eigenvalue weighted by Gasteiger charge is -2.09. The number of anilines is 1. The fourth-order valence-electron chi connectivity index (χ4n) is 1.58. The van der Waals surface area contributed by atoms with Crippen LogP contribution in [0.2, 0.25) is 0 Å². The van der Waals surface area contributed by atoms with Crippen LogP contribution in [0.1, 0.15) is 10.4 Å². The summed E-state index contributed by atoms with van der Waals surface area (Å²) in [5, 5.41) is 13.8. The summed E-state index contributed by atoms with van der Waals surface area (Å²) >= 11 is 4.25. The summed E-state index contributed by atoms with van der Waals surface area (Å²) < 4.78 is 13.7. The van der Waals surface area contributed by atoms with E-state index in [9.17, 15) is 14.5 Å². The van der Waals surface area contributed by atoms with Gasteiger partial charge in [-0.1, -0.05) is 11.3 Å². The Morgan fingerprint density at radius 3 is 2.84 bits per heavy atom. The molecular formula is C12H10BrFN2O2S. The maximum absolute atomic E-state index is 13.3. The molecule has 0 aliphatic heterocycles. The molecule has 0 radical (unpaired) electrons. The van der Waals surface area contributed by atoms with Crippen molar-refractivity contribution in [3.63, 3.8) is 0 Å². The second-order valence-electron chi connectivity index (χ2n) is 3.93. The van der Waals surface area contributed by atoms with E-state index in [1.54, 1.807) is 19.1 Å². The van der Waals surface area contributed by atoms with Gasteiger partial charge in [-0.25, -0.2) is 4.39 Å². The fourth-order valence-corrected chi connectivity index (χ4v) is 2.68. The molecule has 2 aromatic rings. The number of hydrogen-bond acceptors (Lipinski definition) is 4. The third-order valence-electron chi connectivity index (χ3n) is 2.55. The number of nitro groups is 1. The zero-order valence-electron chi connectivity index (χ0n) is 9.94. The fraction of sp³-hybridized carbons (Fsp3) is 0.167. The van der Waals surface area contributed by atoms with E-state index in [0.29, 0.717) is 11.0 Å². The van der Waals surface area contributed by atoms with Crippen LogP contribution in [0.15, 0.2) is 28.7 Å². The van der Waals surface area contributed by atoms with E-state index in [4.69, 9.17) is 0 Å². The predicted molar refractivity (Wildman–Crippen MR) is 77.1 cm³/mol. The van der Waals surface area contributed by atoms with Crippen molar-refractivity contribution in [2.75, 3.05) is 5.32 Å². The molecule has 0 amide bonds. The maximum atomic E-state index is 13.3. The van der Waals surface area contributed by atoms with Crippen molar-refractivity contribution in [3.05, 3.63) is 55.1 Å². The molecule has 19 heavy (non-hydrogen) atoms. The Hall–Kier alpha value is -1.47. The highest BCUT2D eigenvalue weighted by molar-refractivity contribution is 9.10. The zero-order valence-corrected chi connectivity index (χ0v) is 12.3. The van der Waals surface area contributed by atoms with Gasteiger partial charge in [-0.2, -0.15) is 0 Å². The Morgan fingerprint density at radius 2 is 2.21 bits per heavy atom. The predicted octanol–water partition coefficient (Wildman–Crippen LogP) is 4.48. The minimum Gasteiger partial charge on any atom is -0.380 e. The largest absolute Gasteiger partial charge is 0.380 e. The molecule has 100 valence electrons. The topological polar surface area (TPSA) is 55.2 Å². The van der Waals surface area contributed by atoms with Gasteiger partial charge < -0.3 is 5.32 Å². The van der Waals surface area contributed by atoms with Crippen LogP contribution < -0.4 is 5.32 Å². The van der Waals surface area contributed by atoms with E-state index in [2.05, 4.69) is 21.2 Å². The second-order valence-corrected chi connectivity index (χ2v) is 5.93. The molecule has 4 nitrogen and oxygen atoms in total. The molecule has 1 aromatic carbocycles. The number of hydrogen-bond donors (Lipinski definition) is 1. The molecule has 0 saturated carbocycles. The molecule has 0 atom stereocenters. The highest BCUT2D eigenvalue weighted by Gasteiger charge is 2.10. The van der Waals surface area contributed by atoms with E-state index >= 15 is 0 Å². The standard InChI is InChI=1S/C12H10BrFN2O2S/c1-7-4-10(14)9(13)5-11(7)15-6-8-2-3-12(19-8)16(17)18/h2-5,15H,6H2,1H3. The number of thiophene rings is 1. The first-order valence-electron chi connectivity index (χ1n) is 5.40. The summed E-state index contributed by atoms with van der Waals surface area (Å²) in [6.45, 7) is 2.27. The van der Waals surface area contributed by atoms with E-state index in [1.165, 1.54) is 12.1 Å². The van der Waals surface area contributed by atoms with Crippen molar-refractivity contribution in [1.82, 2.24) is 0 Å². The summed E-state index contributed by atoms with van der Waals surface area (Å²) in [6.07, 6.45) is 0. The summed E-state index contributed by atoms with van der Waals surface area (Å²) in [6, 6.07) is 6.29. The Kier molecular flexibility index (Phi) is 4.16. The van der Waals surface area contributed by atoms with Gasteiger partial charge in [-0.15, -0.1) is 0 Å². The van der Waals surface area contributed by atoms with Crippen LogP contribution in [0.25, 0.3) is 0 Å². The number of nitrogens with one attached hydrogen (secondary N) is 1. The van der Waals surface area contributed by atoms with Gasteiger partial charge in [0.1, 0.15) is 5.82 Å². The second kappa shape index (κ2) is 5.66. The van der Waals surface area contributed by atoms with Crippen LogP contribution in [0.5, 0.6) is 0 Å². The van der Waals surface area contributed by atoms with Gasteiger partial charge in [0.15, 0.2) is 0 Å². The van der Waals surface area contributed by atoms with Gasteiger partial charge in [-0.05, 0) is 46.6 Å². The molecule has 0 aliphatic rings. The lowest BCUT2D eigenvalue weighted by atomic mass is 10.2. The van der Waals surface area contributed by atoms with Crippen LogP contribution in [0.3, 0.4) is 0 Å². The number of nitrogens with zero attached hydrogens (tertiary/aromatic N) is 1. The zero-order chi connectivity index (χ0) is 14.0. The van der Waals surface area contributed by atoms with Gasteiger partial charge in [0.05, 0.1) is 9.40 Å². The highest BCUT2D eigenvalue weighted by atomic mass is 79.9. The number of halogens is 2. The van der Waals surface area contributed by atoms with Crippen LogP contribution in [0.4, 0.5) is 15.1 Å². The molecule has 1 heterocycles. The third-order valence-corrected chi connectivity index (χ3v) is 4.19. The molecule has 0 fully saturated rings. The quantitative estimate of drug-likeness (QED) is 0.657. The first-order chi connectivity index (χ1) is 8.97. The average Bonchev–Trinajstić information content (AvgIpc) is 2.81. The average molecular weight is 345 g/mol. The normalized spacial score (nSPS) is 10.5. The number of benzene rings is 1. The molecule has 7 heteroatoms. The number of aryl methyl sites for hydroxylation is 1. The van der Waals surface area contributed by atoms with E-state index in [0.717, 1.165) is 27.5 Å². The van der Waals surface area contributed by atoms with Gasteiger partial charge in [0, 0.05) is 23.2 Å². The van der Waals surface area contributed by atoms with Gasteiger partial charge in [0.25, 0.3) is 0 Å². The molecule has 2 rings (SSSR count). The Bertz CT molecular complexity index is 630. The SMILES string of the molecule is Cc1cc(F)c(Br)cc1NCc1ccc([N+](=O)[O-])s1. The van der Waals surface area contributed by atoms with Gasteiger partial charge >= 0.3 is 5.00 Å². The van der Waals surface area contributed by atoms with Crippen molar-refractivity contribution in [3.8, 4) is 0 Å². The minimum absolute atomic E-state index is 0.119. The van der Waals surface area contributed by atoms with Crippen molar-refractivity contribution < 1.29 is 9.31 Å². The first-order valence-corrected chi connectivity index (χ1v) is 7.01. The third kappa shape index (κ3) is 3.30. The van der Waals surface area contributed by atoms with Crippen molar-refractivity contribution >= 4 is 38.0 Å². The lowest BCUT2D eigenvalue weighted by molar-refractivity contribution is -0.380. The minimum atomic E-state index is -0.409. The Morgan fingerprint density at radius 1 is 1.47 bits per heavy atom. The molecule has 0 spiro atoms. The summed E-state index contributed by atoms with van der Waals surface area (Å²) in [5.41, 5.74) is 1.58. The molecule has 0 saturated heterocycles. The smallest absolute Gasteiger partial charge is 0.324 e. The van der Waals surface area contributed by atoms with E-state index in [-0.39, 0.29) is 10.8 Å². The monoisotopic (exact) mass is 344 g/mol. The van der Waals surface area contributed by atoms with E-state index in [1.807, 2.05) is 0 Å². The van der Waals surface area contributed by atoms with Crippen LogP contribution in [-0.2, 0) is 6.54 Å². The summed E-state index contributed by atoms with van der Waals surface area (Å²) in [5.74, 6) is -0.310. The molecule has 0 aliphatic carbocycles. The van der Waals surface area contributed by atoms with E-state index < -0.39 is 4.92 Å². The van der Waals surface area contributed by atoms with Gasteiger partial charge in [0.2, 0.25) is 0 Å². The Labute approximate surface area is 121 Å². The molecular weight excluding hydrogens is 335 g/mol. The molecule has 0 unspecified atom stereocenters. The van der Waals surface area contributed by atoms with Gasteiger partial charge in [-0.3, -0.25) is 10.1 Å². The summed E-state index contributed by atoms with van der Waals surface area (Å²) in [7, 11) is 0. The summed E-state index contributed by atoms with van der Waals surface area (Å²) in [4.78, 5) is 11.0. The van der Waals surface area contributed by atoms with Crippen molar-refractivity contribution in [2.45, 2.75) is 13.5 Å². The lowest BCUT2D eigenvalue weighted by Crippen LogP contribution is -2.00. The van der Waals surface area contributed by atoms with Crippen LogP contribution in [-0.4, -0.2) is 4.92 Å². The molecule has 1 aromatic heterocycles. The van der Waals surface area contributed by atoms with Crippen molar-refractivity contribution in [1.29, 1.82) is 0 Å². The maximum Gasteiger partial charge on any atom is 0.324 e. The molecule has 0 bridgehead atoms. The van der Waals surface area contributed by atoms with Crippen molar-refractivity contribution in [2.24, 2.45) is 0 Å². The Balaban J connectivity index is 2.09.